The molecule has 0 saturated heterocycles. The highest BCUT2D eigenvalue weighted by atomic mass is 16.3. The first-order valence-corrected chi connectivity index (χ1v) is 7.37. The van der Waals surface area contributed by atoms with Crippen LogP contribution in [0.5, 0.6) is 23.0 Å². The lowest BCUT2D eigenvalue weighted by atomic mass is 9.93. The lowest BCUT2D eigenvalue weighted by Gasteiger charge is -2.12. The van der Waals surface area contributed by atoms with Crippen molar-refractivity contribution >= 4 is 11.4 Å². The molecule has 124 valence electrons. The molecule has 0 fully saturated rings. The Bertz CT molecular complexity index is 997. The Labute approximate surface area is 141 Å². The monoisotopic (exact) mass is 336 g/mol. The highest BCUT2D eigenvalue weighted by Gasteiger charge is 2.30. The lowest BCUT2D eigenvalue weighted by Crippen LogP contribution is -2.01. The number of benzene rings is 2. The number of aromatic hydroxyl groups is 4. The van der Waals surface area contributed by atoms with E-state index in [1.165, 1.54) is 36.4 Å². The average molecular weight is 336 g/mol. The molecule has 2 aliphatic rings. The lowest BCUT2D eigenvalue weighted by molar-refractivity contribution is -0.110. The van der Waals surface area contributed by atoms with E-state index in [2.05, 4.69) is 0 Å². The van der Waals surface area contributed by atoms with Crippen LogP contribution in [0.3, 0.4) is 0 Å². The topological polar surface area (TPSA) is 118 Å². The fourth-order valence-corrected chi connectivity index (χ4v) is 3.17. The van der Waals surface area contributed by atoms with E-state index in [1.807, 2.05) is 0 Å². The van der Waals surface area contributed by atoms with E-state index < -0.39 is 0 Å². The molecule has 6 heteroatoms. The van der Waals surface area contributed by atoms with Crippen LogP contribution in [0.4, 0.5) is 0 Å². The zero-order valence-corrected chi connectivity index (χ0v) is 12.7. The molecule has 4 rings (SSSR count). The van der Waals surface area contributed by atoms with Crippen LogP contribution in [-0.2, 0) is 4.79 Å². The van der Waals surface area contributed by atoms with Gasteiger partial charge < -0.3 is 25.5 Å². The van der Waals surface area contributed by atoms with Crippen molar-refractivity contribution in [2.75, 3.05) is 0 Å². The summed E-state index contributed by atoms with van der Waals surface area (Å²) in [5, 5.41) is 49.6. The minimum atomic E-state index is -0.359. The Balaban J connectivity index is 2.13. The quantitative estimate of drug-likeness (QED) is 0.403. The smallest absolute Gasteiger partial charge is 0.182 e. The molecule has 5 N–H and O–H groups in total. The normalized spacial score (nSPS) is 15.2. The summed E-state index contributed by atoms with van der Waals surface area (Å²) in [6.45, 7) is 0. The van der Waals surface area contributed by atoms with E-state index >= 15 is 0 Å². The maximum atomic E-state index is 11.4. The number of fused-ring (bicyclic) bond motifs is 3. The molecule has 0 unspecified atom stereocenters. The van der Waals surface area contributed by atoms with E-state index in [0.29, 0.717) is 33.4 Å². The summed E-state index contributed by atoms with van der Waals surface area (Å²) < 4.78 is 0. The number of ketones is 1. The van der Waals surface area contributed by atoms with E-state index in [9.17, 15) is 30.3 Å². The third-order valence-corrected chi connectivity index (χ3v) is 4.30. The molecule has 0 atom stereocenters. The zero-order chi connectivity index (χ0) is 17.9. The summed E-state index contributed by atoms with van der Waals surface area (Å²) in [6.07, 6.45) is 3.81. The van der Waals surface area contributed by atoms with Crippen molar-refractivity contribution in [3.8, 4) is 34.1 Å². The Morgan fingerprint density at radius 1 is 0.600 bits per heavy atom. The van der Waals surface area contributed by atoms with Crippen molar-refractivity contribution in [2.45, 2.75) is 0 Å². The first-order valence-electron chi connectivity index (χ1n) is 7.37. The summed E-state index contributed by atoms with van der Waals surface area (Å²) in [6, 6.07) is 5.34. The van der Waals surface area contributed by atoms with Crippen molar-refractivity contribution in [3.63, 3.8) is 0 Å². The number of hydrogen-bond acceptors (Lipinski definition) is 6. The number of phenolic OH excluding ortho intramolecular Hbond substituents is 4. The summed E-state index contributed by atoms with van der Waals surface area (Å²) in [7, 11) is 0. The molecule has 0 bridgehead atoms. The molecule has 2 aromatic carbocycles. The van der Waals surface area contributed by atoms with Gasteiger partial charge in [0.2, 0.25) is 0 Å². The average Bonchev–Trinajstić information content (AvgIpc) is 2.82. The van der Waals surface area contributed by atoms with Crippen LogP contribution >= 0.6 is 0 Å². The summed E-state index contributed by atoms with van der Waals surface area (Å²) in [4.78, 5) is 11.4. The largest absolute Gasteiger partial charge is 0.507 e. The molecule has 0 amide bonds. The zero-order valence-electron chi connectivity index (χ0n) is 12.7. The van der Waals surface area contributed by atoms with E-state index in [1.54, 1.807) is 0 Å². The first kappa shape index (κ1) is 14.9. The van der Waals surface area contributed by atoms with E-state index in [0.717, 1.165) is 6.08 Å². The number of aliphatic hydroxyl groups is 1. The van der Waals surface area contributed by atoms with Crippen LogP contribution < -0.4 is 0 Å². The predicted molar refractivity (Wildman–Crippen MR) is 89.4 cm³/mol. The minimum Gasteiger partial charge on any atom is -0.507 e. The number of rotatable bonds is 0. The van der Waals surface area contributed by atoms with Gasteiger partial charge in [0.15, 0.2) is 28.8 Å². The fraction of sp³-hybridized carbons (Fsp3) is 0. The van der Waals surface area contributed by atoms with Gasteiger partial charge in [-0.3, -0.25) is 4.79 Å². The second-order valence-corrected chi connectivity index (χ2v) is 5.83. The highest BCUT2D eigenvalue weighted by Crippen LogP contribution is 2.52. The van der Waals surface area contributed by atoms with Crippen LogP contribution in [0.1, 0.15) is 11.1 Å². The maximum absolute atomic E-state index is 11.4. The molecular formula is C19H12O6. The molecule has 0 spiro atoms. The number of carbonyl (C=O) groups is 1. The minimum absolute atomic E-state index is 0.249. The van der Waals surface area contributed by atoms with Gasteiger partial charge in [0.05, 0.1) is 0 Å². The Morgan fingerprint density at radius 3 is 1.48 bits per heavy atom. The van der Waals surface area contributed by atoms with Gasteiger partial charge in [0, 0.05) is 17.2 Å². The van der Waals surface area contributed by atoms with Crippen LogP contribution in [0.25, 0.3) is 16.7 Å². The number of phenols is 4. The van der Waals surface area contributed by atoms with Gasteiger partial charge in [0.1, 0.15) is 5.76 Å². The Morgan fingerprint density at radius 2 is 1.04 bits per heavy atom. The molecule has 25 heavy (non-hydrogen) atoms. The molecule has 2 aliphatic carbocycles. The predicted octanol–water partition coefficient (Wildman–Crippen LogP) is 2.87. The van der Waals surface area contributed by atoms with E-state index in [-0.39, 0.29) is 34.5 Å². The van der Waals surface area contributed by atoms with Crippen molar-refractivity contribution in [1.29, 1.82) is 0 Å². The second kappa shape index (κ2) is 4.91. The molecule has 2 aromatic rings. The van der Waals surface area contributed by atoms with Crippen LogP contribution in [0, 0.1) is 0 Å². The van der Waals surface area contributed by atoms with Crippen molar-refractivity contribution in [3.05, 3.63) is 65.0 Å². The van der Waals surface area contributed by atoms with Crippen LogP contribution in [0.15, 0.2) is 53.8 Å². The third kappa shape index (κ3) is 2.08. The Kier molecular flexibility index (Phi) is 2.93. The third-order valence-electron chi connectivity index (χ3n) is 4.30. The van der Waals surface area contributed by atoms with Gasteiger partial charge in [0.25, 0.3) is 0 Å². The molecule has 0 saturated carbocycles. The van der Waals surface area contributed by atoms with Gasteiger partial charge in [-0.1, -0.05) is 0 Å². The number of hydrogen-bond donors (Lipinski definition) is 5. The number of carbonyl (C=O) groups excluding carboxylic acids is 1. The van der Waals surface area contributed by atoms with Gasteiger partial charge in [-0.25, -0.2) is 0 Å². The molecule has 0 aromatic heterocycles. The highest BCUT2D eigenvalue weighted by molar-refractivity contribution is 6.08. The second-order valence-electron chi connectivity index (χ2n) is 5.83. The molecule has 0 radical (unpaired) electrons. The van der Waals surface area contributed by atoms with E-state index in [4.69, 9.17) is 0 Å². The van der Waals surface area contributed by atoms with Crippen molar-refractivity contribution in [1.82, 2.24) is 0 Å². The molecular weight excluding hydrogens is 324 g/mol. The van der Waals surface area contributed by atoms with Gasteiger partial charge >= 0.3 is 0 Å². The van der Waals surface area contributed by atoms with Gasteiger partial charge in [-0.15, -0.1) is 0 Å². The summed E-state index contributed by atoms with van der Waals surface area (Å²) in [5.74, 6) is -1.98. The molecule has 0 heterocycles. The van der Waals surface area contributed by atoms with Crippen molar-refractivity contribution < 1.29 is 30.3 Å². The number of allylic oxidation sites excluding steroid dienone is 3. The number of aliphatic hydroxyl groups excluding tert-OH is 1. The van der Waals surface area contributed by atoms with Gasteiger partial charge in [-0.2, -0.15) is 0 Å². The van der Waals surface area contributed by atoms with Gasteiger partial charge in [-0.05, 0) is 58.7 Å². The standard InChI is InChI=1S/C19H12O6/c20-8-1-2-9(14(21)3-8)19-12-6-17(24)15(22)4-10(12)11-5-16(23)18(25)7-13(11)19/h1-7,21-25H. The summed E-state index contributed by atoms with van der Waals surface area (Å²) >= 11 is 0. The summed E-state index contributed by atoms with van der Waals surface area (Å²) in [5.41, 5.74) is 2.80. The fourth-order valence-electron chi connectivity index (χ4n) is 3.17. The molecule has 0 aliphatic heterocycles. The molecule has 6 nitrogen and oxygen atoms in total. The van der Waals surface area contributed by atoms with Crippen LogP contribution in [0.2, 0.25) is 0 Å². The maximum Gasteiger partial charge on any atom is 0.182 e. The van der Waals surface area contributed by atoms with Crippen LogP contribution in [-0.4, -0.2) is 31.3 Å². The van der Waals surface area contributed by atoms with Crippen molar-refractivity contribution in [2.24, 2.45) is 0 Å². The first-order chi connectivity index (χ1) is 11.9. The Hall–Kier alpha value is -3.67. The SMILES string of the molecule is O=C1C=CC(=C2c3cc(O)c(O)cc3-c3cc(O)c(O)cc32)C(O)=C1.